The molecule has 1 aliphatic carbocycles. The number of aliphatic hydroxyl groups is 2. The van der Waals surface area contributed by atoms with Crippen LogP contribution in [-0.4, -0.2) is 47.3 Å². The molecule has 1 saturated carbocycles. The highest BCUT2D eigenvalue weighted by Gasteiger charge is 2.29. The zero-order chi connectivity index (χ0) is 13.8. The Labute approximate surface area is 116 Å². The van der Waals surface area contributed by atoms with Gasteiger partial charge in [-0.2, -0.15) is 0 Å². The highest BCUT2D eigenvalue weighted by Crippen LogP contribution is 2.28. The summed E-state index contributed by atoms with van der Waals surface area (Å²) in [6, 6.07) is 1.79. The maximum absolute atomic E-state index is 12.3. The molecule has 0 unspecified atom stereocenters. The summed E-state index contributed by atoms with van der Waals surface area (Å²) in [6.07, 6.45) is 1.36. The van der Waals surface area contributed by atoms with Gasteiger partial charge in [-0.25, -0.2) is 0 Å². The van der Waals surface area contributed by atoms with E-state index >= 15 is 0 Å². The normalized spacial score (nSPS) is 21.2. The summed E-state index contributed by atoms with van der Waals surface area (Å²) in [6.45, 7) is 0.458. The van der Waals surface area contributed by atoms with Crippen molar-refractivity contribution in [1.82, 2.24) is 4.90 Å². The third-order valence-corrected chi connectivity index (χ3v) is 4.15. The van der Waals surface area contributed by atoms with Crippen LogP contribution in [0.5, 0.6) is 0 Å². The molecule has 0 aliphatic heterocycles. The highest BCUT2D eigenvalue weighted by atomic mass is 32.1. The molecule has 0 radical (unpaired) electrons. The highest BCUT2D eigenvalue weighted by molar-refractivity contribution is 7.12. The Kier molecular flexibility index (Phi) is 4.59. The van der Waals surface area contributed by atoms with Gasteiger partial charge in [0.25, 0.3) is 5.91 Å². The fraction of sp³-hybridized carbons (Fsp3) is 0.500. The van der Waals surface area contributed by atoms with Crippen molar-refractivity contribution in [3.05, 3.63) is 21.9 Å². The topological polar surface area (TPSA) is 60.8 Å². The third-order valence-electron chi connectivity index (χ3n) is 3.25. The van der Waals surface area contributed by atoms with E-state index in [1.807, 2.05) is 5.38 Å². The zero-order valence-corrected chi connectivity index (χ0v) is 11.6. The molecule has 1 aromatic rings. The van der Waals surface area contributed by atoms with Crippen LogP contribution in [0.25, 0.3) is 0 Å². The van der Waals surface area contributed by atoms with E-state index in [0.29, 0.717) is 22.9 Å². The Balaban J connectivity index is 2.00. The van der Waals surface area contributed by atoms with E-state index in [1.165, 1.54) is 11.3 Å². The maximum atomic E-state index is 12.3. The van der Waals surface area contributed by atoms with E-state index in [2.05, 4.69) is 11.8 Å². The second-order valence-corrected chi connectivity index (χ2v) is 5.72. The molecule has 1 fully saturated rings. The molecule has 0 saturated heterocycles. The lowest BCUT2D eigenvalue weighted by Crippen LogP contribution is -2.39. The number of carbonyl (C=O) groups excluding carboxylic acids is 1. The average molecular weight is 279 g/mol. The molecule has 0 bridgehead atoms. The van der Waals surface area contributed by atoms with Crippen molar-refractivity contribution in [3.8, 4) is 11.8 Å². The number of rotatable bonds is 3. The summed E-state index contributed by atoms with van der Waals surface area (Å²) in [4.78, 5) is 14.6. The lowest BCUT2D eigenvalue weighted by atomic mass is 9.82. The minimum atomic E-state index is -0.209. The number of amides is 1. The molecule has 19 heavy (non-hydrogen) atoms. The number of hydrogen-bond donors (Lipinski definition) is 2. The molecule has 1 amide bonds. The van der Waals surface area contributed by atoms with Crippen LogP contribution < -0.4 is 0 Å². The predicted molar refractivity (Wildman–Crippen MR) is 74.0 cm³/mol. The van der Waals surface area contributed by atoms with Gasteiger partial charge in [0, 0.05) is 19.2 Å². The van der Waals surface area contributed by atoms with Crippen LogP contribution in [0, 0.1) is 17.8 Å². The molecule has 0 aromatic carbocycles. The maximum Gasteiger partial charge on any atom is 0.264 e. The van der Waals surface area contributed by atoms with Gasteiger partial charge < -0.3 is 15.1 Å². The molecule has 1 heterocycles. The van der Waals surface area contributed by atoms with Crippen LogP contribution >= 0.6 is 11.3 Å². The van der Waals surface area contributed by atoms with Gasteiger partial charge in [0.1, 0.15) is 11.5 Å². The summed E-state index contributed by atoms with van der Waals surface area (Å²) < 4.78 is 0. The number of hydrogen-bond acceptors (Lipinski definition) is 4. The Morgan fingerprint density at radius 1 is 1.58 bits per heavy atom. The van der Waals surface area contributed by atoms with Crippen molar-refractivity contribution in [2.45, 2.75) is 18.9 Å². The summed E-state index contributed by atoms with van der Waals surface area (Å²) >= 11 is 1.36. The van der Waals surface area contributed by atoms with E-state index in [4.69, 9.17) is 5.11 Å². The second kappa shape index (κ2) is 6.20. The van der Waals surface area contributed by atoms with Crippen LogP contribution in [0.3, 0.4) is 0 Å². The Hall–Kier alpha value is -1.35. The molecule has 2 N–H and O–H groups in total. The van der Waals surface area contributed by atoms with Crippen molar-refractivity contribution >= 4 is 17.2 Å². The fourth-order valence-electron chi connectivity index (χ4n) is 2.20. The smallest absolute Gasteiger partial charge is 0.264 e. The van der Waals surface area contributed by atoms with Gasteiger partial charge in [-0.1, -0.05) is 11.8 Å². The zero-order valence-electron chi connectivity index (χ0n) is 10.8. The lowest BCUT2D eigenvalue weighted by molar-refractivity contribution is 0.0266. The summed E-state index contributed by atoms with van der Waals surface area (Å²) in [5.74, 6) is 5.71. The van der Waals surface area contributed by atoms with Gasteiger partial charge in [-0.3, -0.25) is 4.79 Å². The van der Waals surface area contributed by atoms with Gasteiger partial charge in [0.05, 0.1) is 6.10 Å². The fourth-order valence-corrected chi connectivity index (χ4v) is 3.04. The first-order chi connectivity index (χ1) is 9.11. The molecule has 102 valence electrons. The average Bonchev–Trinajstić information content (AvgIpc) is 2.81. The van der Waals surface area contributed by atoms with Gasteiger partial charge in [0.2, 0.25) is 0 Å². The minimum absolute atomic E-state index is 0.0429. The van der Waals surface area contributed by atoms with Crippen LogP contribution in [0.1, 0.15) is 28.1 Å². The molecule has 1 aliphatic rings. The molecule has 0 atom stereocenters. The molecular weight excluding hydrogens is 262 g/mol. The molecule has 0 spiro atoms. The van der Waals surface area contributed by atoms with E-state index < -0.39 is 0 Å². The SMILES string of the molecule is CN(CC1CC(O)C1)C(=O)c1sccc1C#CCO. The van der Waals surface area contributed by atoms with Crippen molar-refractivity contribution in [1.29, 1.82) is 0 Å². The number of nitrogens with zero attached hydrogens (tertiary/aromatic N) is 1. The standard InChI is InChI=1S/C14H17NO3S/c1-15(9-10-7-12(17)8-10)14(18)13-11(3-2-5-16)4-6-19-13/h4,6,10,12,16-17H,5,7-9H2,1H3. The van der Waals surface area contributed by atoms with Gasteiger partial charge in [-0.15, -0.1) is 11.3 Å². The summed E-state index contributed by atoms with van der Waals surface area (Å²) in [7, 11) is 1.77. The quantitative estimate of drug-likeness (QED) is 0.809. The van der Waals surface area contributed by atoms with Crippen molar-refractivity contribution in [3.63, 3.8) is 0 Å². The third kappa shape index (κ3) is 3.35. The van der Waals surface area contributed by atoms with E-state index in [0.717, 1.165) is 12.8 Å². The Morgan fingerprint density at radius 2 is 2.32 bits per heavy atom. The minimum Gasteiger partial charge on any atom is -0.393 e. The van der Waals surface area contributed by atoms with E-state index in [1.54, 1.807) is 18.0 Å². The molecule has 2 rings (SSSR count). The van der Waals surface area contributed by atoms with Crippen LogP contribution in [-0.2, 0) is 0 Å². The first-order valence-corrected chi connectivity index (χ1v) is 7.10. The summed E-state index contributed by atoms with van der Waals surface area (Å²) in [5, 5.41) is 19.8. The monoisotopic (exact) mass is 279 g/mol. The van der Waals surface area contributed by atoms with Crippen molar-refractivity contribution < 1.29 is 15.0 Å². The molecular formula is C14H17NO3S. The Morgan fingerprint density at radius 3 is 2.95 bits per heavy atom. The Bertz CT molecular complexity index is 508. The molecule has 1 aromatic heterocycles. The van der Waals surface area contributed by atoms with Crippen LogP contribution in [0.15, 0.2) is 11.4 Å². The van der Waals surface area contributed by atoms with Gasteiger partial charge >= 0.3 is 0 Å². The van der Waals surface area contributed by atoms with E-state index in [9.17, 15) is 9.90 Å². The van der Waals surface area contributed by atoms with Crippen molar-refractivity contribution in [2.75, 3.05) is 20.2 Å². The van der Waals surface area contributed by atoms with Gasteiger partial charge in [-0.05, 0) is 30.2 Å². The number of carbonyl (C=O) groups is 1. The second-order valence-electron chi connectivity index (χ2n) is 4.80. The first-order valence-electron chi connectivity index (χ1n) is 6.22. The number of thiophene rings is 1. The predicted octanol–water partition coefficient (Wildman–Crippen LogP) is 0.935. The van der Waals surface area contributed by atoms with Gasteiger partial charge in [0.15, 0.2) is 0 Å². The summed E-state index contributed by atoms with van der Waals surface area (Å²) in [5.41, 5.74) is 0.671. The first kappa shape index (κ1) is 14.1. The molecule has 5 heteroatoms. The van der Waals surface area contributed by atoms with Crippen LogP contribution in [0.4, 0.5) is 0 Å². The number of aliphatic hydroxyl groups excluding tert-OH is 2. The van der Waals surface area contributed by atoms with Crippen LogP contribution in [0.2, 0.25) is 0 Å². The van der Waals surface area contributed by atoms with E-state index in [-0.39, 0.29) is 18.6 Å². The molecule has 4 nitrogen and oxygen atoms in total. The van der Waals surface area contributed by atoms with Crippen molar-refractivity contribution in [2.24, 2.45) is 5.92 Å². The lowest BCUT2D eigenvalue weighted by Gasteiger charge is -2.34. The largest absolute Gasteiger partial charge is 0.393 e.